The van der Waals surface area contributed by atoms with Gasteiger partial charge in [-0.15, -0.1) is 0 Å². The average molecular weight is 1140 g/mol. The van der Waals surface area contributed by atoms with Gasteiger partial charge in [-0.3, -0.25) is 0 Å². The number of unbranched alkanes of at least 4 members (excludes halogenated alkanes) is 42. The van der Waals surface area contributed by atoms with E-state index in [-0.39, 0.29) is 0 Å². The molecule has 0 aliphatic heterocycles. The Balaban J connectivity index is 1.68. The molecule has 0 amide bonds. The molecule has 2 aromatic rings. The summed E-state index contributed by atoms with van der Waals surface area (Å²) in [6.07, 6.45) is 79.4. The van der Waals surface area contributed by atoms with Crippen molar-refractivity contribution in [1.29, 1.82) is 0 Å². The van der Waals surface area contributed by atoms with Crippen LogP contribution in [0.2, 0.25) is 0 Å². The summed E-state index contributed by atoms with van der Waals surface area (Å²) in [7, 11) is 0. The molecule has 76 heavy (non-hydrogen) atoms. The van der Waals surface area contributed by atoms with Gasteiger partial charge < -0.3 is 0 Å². The van der Waals surface area contributed by atoms with E-state index in [1.165, 1.54) is 317 Å². The molecule has 0 radical (unpaired) electrons. The van der Waals surface area contributed by atoms with Gasteiger partial charge in [0.05, 0.1) is 0 Å². The summed E-state index contributed by atoms with van der Waals surface area (Å²) in [5, 5.41) is 0. The number of allylic oxidation sites excluding steroid dienone is 4. The molecule has 2 aromatic carbocycles. The number of para-hydroxylation sites is 2. The van der Waals surface area contributed by atoms with Crippen LogP contribution in [0.15, 0.2) is 77.8 Å². The van der Waals surface area contributed by atoms with Crippen molar-refractivity contribution < 1.29 is 22.7 Å². The SMILES string of the molecule is CCCCCCCCCCCCCCCCCCCCCC=CCCCc1ccccc1N=C(CCCCC)C(CC)=[N+]([Pd])c1ccccc1CCCC=CCCCCCCCCCCCCCCCCCCCCC. The number of aliphatic imine (C=N–C) groups is 1. The Morgan fingerprint density at radius 2 is 0.658 bits per heavy atom. The molecular formula is C73H126N2Pd+. The number of aryl methyl sites for hydroxylation is 2. The Morgan fingerprint density at radius 1 is 0.355 bits per heavy atom. The Labute approximate surface area is 486 Å². The van der Waals surface area contributed by atoms with E-state index < -0.39 is 0 Å². The minimum absolute atomic E-state index is 0.939. The summed E-state index contributed by atoms with van der Waals surface area (Å²) < 4.78 is 2.34. The van der Waals surface area contributed by atoms with Crippen LogP contribution in [0.25, 0.3) is 0 Å². The van der Waals surface area contributed by atoms with Gasteiger partial charge in [0, 0.05) is 0 Å². The van der Waals surface area contributed by atoms with E-state index in [0.717, 1.165) is 44.2 Å². The topological polar surface area (TPSA) is 15.4 Å². The summed E-state index contributed by atoms with van der Waals surface area (Å²) in [4.78, 5) is 5.54. The van der Waals surface area contributed by atoms with E-state index in [4.69, 9.17) is 4.99 Å². The summed E-state index contributed by atoms with van der Waals surface area (Å²) in [5.41, 5.74) is 7.78. The zero-order chi connectivity index (χ0) is 54.3. The quantitative estimate of drug-likeness (QED) is 0.0272. The van der Waals surface area contributed by atoms with Gasteiger partial charge in [0.2, 0.25) is 0 Å². The van der Waals surface area contributed by atoms with Crippen molar-refractivity contribution in [2.24, 2.45) is 4.99 Å². The molecule has 0 unspecified atom stereocenters. The standard InChI is InChI=1S/C73H126N2.Pd/c1-5-9-12-14-16-18-20-22-24-26-28-30-32-34-36-38-40-42-44-46-48-50-52-55-61-68-63-57-59-65-71(68)74-70(8-4)73(67-54-11-7-3)75-72-66-60-58-64-69(72)62-56-53-51-49-47-45-43-41-39-37-35-33-31-29-27-25-23-21-19-17-15-13-10-6-2;/h48-51,57-60,63-66H,5-47,52-56,61-62,67H2,1-4H3;/q;+1. The summed E-state index contributed by atoms with van der Waals surface area (Å²) in [6, 6.07) is 18.0. The smallest absolute Gasteiger partial charge is 0.0654 e. The molecule has 0 aliphatic rings. The third-order valence-electron chi connectivity index (χ3n) is 16.3. The molecule has 3 heteroatoms. The van der Waals surface area contributed by atoms with Crippen molar-refractivity contribution in [3.05, 3.63) is 84.0 Å². The van der Waals surface area contributed by atoms with Crippen molar-refractivity contribution in [2.75, 3.05) is 0 Å². The predicted octanol–water partition coefficient (Wildman–Crippen LogP) is 25.4. The zero-order valence-electron chi connectivity index (χ0n) is 51.2. The fraction of sp³-hybridized carbons (Fsp3) is 0.753. The fourth-order valence-electron chi connectivity index (χ4n) is 11.2. The van der Waals surface area contributed by atoms with Crippen LogP contribution < -0.4 is 0 Å². The number of benzene rings is 2. The van der Waals surface area contributed by atoms with Crippen LogP contribution in [0, 0.1) is 0 Å². The van der Waals surface area contributed by atoms with E-state index in [9.17, 15) is 0 Å². The zero-order valence-corrected chi connectivity index (χ0v) is 52.8. The molecular weight excluding hydrogens is 1010 g/mol. The Morgan fingerprint density at radius 3 is 1.04 bits per heavy atom. The number of nitrogens with zero attached hydrogens (tertiary/aromatic N) is 2. The van der Waals surface area contributed by atoms with Crippen molar-refractivity contribution in [3.63, 3.8) is 0 Å². The maximum absolute atomic E-state index is 5.54. The van der Waals surface area contributed by atoms with Crippen LogP contribution in [0.3, 0.4) is 0 Å². The second kappa shape index (κ2) is 54.9. The molecule has 0 saturated carbocycles. The van der Waals surface area contributed by atoms with Gasteiger partial charge in [-0.2, -0.15) is 0 Å². The molecule has 0 bridgehead atoms. The van der Waals surface area contributed by atoms with Crippen LogP contribution in [0.5, 0.6) is 0 Å². The first-order valence-corrected chi connectivity index (χ1v) is 34.7. The summed E-state index contributed by atoms with van der Waals surface area (Å²) in [5.74, 6) is 0. The van der Waals surface area contributed by atoms with E-state index in [1.54, 1.807) is 0 Å². The Bertz CT molecular complexity index is 1680. The molecule has 0 aliphatic carbocycles. The van der Waals surface area contributed by atoms with E-state index in [1.807, 2.05) is 0 Å². The van der Waals surface area contributed by atoms with E-state index in [2.05, 4.69) is 123 Å². The van der Waals surface area contributed by atoms with Gasteiger partial charge in [0.15, 0.2) is 0 Å². The van der Waals surface area contributed by atoms with Crippen LogP contribution in [0.4, 0.5) is 11.4 Å². The third kappa shape index (κ3) is 40.2. The second-order valence-electron chi connectivity index (χ2n) is 23.4. The first-order valence-electron chi connectivity index (χ1n) is 34.0. The molecule has 0 saturated heterocycles. The fourth-order valence-corrected chi connectivity index (χ4v) is 12.0. The average Bonchev–Trinajstić information content (AvgIpc) is 3.43. The van der Waals surface area contributed by atoms with Crippen LogP contribution in [-0.2, 0) is 32.3 Å². The summed E-state index contributed by atoms with van der Waals surface area (Å²) in [6.45, 7) is 9.23. The van der Waals surface area contributed by atoms with E-state index >= 15 is 0 Å². The maximum atomic E-state index is 5.54. The van der Waals surface area contributed by atoms with E-state index in [0.29, 0.717) is 0 Å². The first-order chi connectivity index (χ1) is 37.7. The molecule has 0 fully saturated rings. The number of hydrogen-bond donors (Lipinski definition) is 0. The minimum atomic E-state index is 0.939. The van der Waals surface area contributed by atoms with Crippen LogP contribution in [0.1, 0.15) is 353 Å². The van der Waals surface area contributed by atoms with Gasteiger partial charge in [-0.1, -0.05) is 232 Å². The number of rotatable bonds is 56. The van der Waals surface area contributed by atoms with Gasteiger partial charge in [-0.25, -0.2) is 0 Å². The first kappa shape index (κ1) is 70.0. The van der Waals surface area contributed by atoms with Gasteiger partial charge in [-0.05, 0) is 6.42 Å². The second-order valence-corrected chi connectivity index (χ2v) is 24.1. The van der Waals surface area contributed by atoms with Crippen LogP contribution >= 0.6 is 0 Å². The van der Waals surface area contributed by atoms with Crippen molar-refractivity contribution in [3.8, 4) is 0 Å². The van der Waals surface area contributed by atoms with Gasteiger partial charge >= 0.3 is 251 Å². The van der Waals surface area contributed by atoms with Crippen LogP contribution in [-0.4, -0.2) is 14.6 Å². The molecule has 0 spiro atoms. The molecule has 437 valence electrons. The van der Waals surface area contributed by atoms with Crippen molar-refractivity contribution >= 4 is 22.8 Å². The van der Waals surface area contributed by atoms with Gasteiger partial charge in [0.25, 0.3) is 0 Å². The molecule has 2 rings (SSSR count). The summed E-state index contributed by atoms with van der Waals surface area (Å²) >= 11 is 3.76. The Kier molecular flexibility index (Phi) is 50.5. The predicted molar refractivity (Wildman–Crippen MR) is 340 cm³/mol. The monoisotopic (exact) mass is 1140 g/mol. The molecule has 0 atom stereocenters. The third-order valence-corrected chi connectivity index (χ3v) is 17.1. The minimum Gasteiger partial charge on any atom is -0.0654 e. The molecule has 2 nitrogen and oxygen atoms in total. The van der Waals surface area contributed by atoms with Crippen molar-refractivity contribution in [1.82, 2.24) is 0 Å². The molecule has 0 N–H and O–H groups in total. The number of hydrogen-bond acceptors (Lipinski definition) is 1. The molecule has 0 heterocycles. The molecule has 0 aromatic heterocycles. The van der Waals surface area contributed by atoms with Crippen molar-refractivity contribution in [2.45, 2.75) is 355 Å². The van der Waals surface area contributed by atoms with Gasteiger partial charge in [0.1, 0.15) is 0 Å². The normalized spacial score (nSPS) is 12.5. The Hall–Kier alpha value is -2.08.